The molecule has 2 aromatic rings. The molecular weight excluding hydrogens is 392 g/mol. The first kappa shape index (κ1) is 20.8. The molecule has 4 rings (SSSR count). The number of piperidine rings is 1. The standard InChI is InChI=1S/C24H26N4O3/c29-22-14-13-21(26-28(22)17-18-9-3-1-4-10-18)23(30)25-20-12-6-5-11-19(20)24(31)27-15-7-2-8-16-27/h1,3-6,9-12H,2,7-8,13-17H2,(H,25,30). The normalized spacial score (nSPS) is 16.6. The maximum atomic E-state index is 13.0. The number of carbonyl (C=O) groups is 3. The van der Waals surface area contributed by atoms with E-state index >= 15 is 0 Å². The van der Waals surface area contributed by atoms with Crippen molar-refractivity contribution in [2.75, 3.05) is 18.4 Å². The summed E-state index contributed by atoms with van der Waals surface area (Å²) in [6.45, 7) is 1.80. The molecule has 0 aliphatic carbocycles. The van der Waals surface area contributed by atoms with E-state index in [0.29, 0.717) is 17.8 Å². The summed E-state index contributed by atoms with van der Waals surface area (Å²) in [5.74, 6) is -0.562. The molecule has 1 N–H and O–H groups in total. The van der Waals surface area contributed by atoms with Gasteiger partial charge >= 0.3 is 0 Å². The Morgan fingerprint density at radius 1 is 0.903 bits per heavy atom. The summed E-state index contributed by atoms with van der Waals surface area (Å²) in [4.78, 5) is 40.0. The Kier molecular flexibility index (Phi) is 6.40. The van der Waals surface area contributed by atoms with Gasteiger partial charge in [-0.2, -0.15) is 5.10 Å². The van der Waals surface area contributed by atoms with Gasteiger partial charge in [0.25, 0.3) is 11.8 Å². The van der Waals surface area contributed by atoms with Crippen LogP contribution in [0.3, 0.4) is 0 Å². The molecule has 2 aromatic carbocycles. The number of hydrogen-bond acceptors (Lipinski definition) is 4. The SMILES string of the molecule is O=C(Nc1ccccc1C(=O)N1CCCCC1)C1=NN(Cc2ccccc2)C(=O)CC1. The summed E-state index contributed by atoms with van der Waals surface area (Å²) >= 11 is 0. The molecule has 0 bridgehead atoms. The molecule has 7 heteroatoms. The van der Waals surface area contributed by atoms with Gasteiger partial charge < -0.3 is 10.2 Å². The van der Waals surface area contributed by atoms with Crippen LogP contribution in [-0.4, -0.2) is 46.4 Å². The fourth-order valence-electron chi connectivity index (χ4n) is 3.89. The van der Waals surface area contributed by atoms with Crippen LogP contribution in [0.25, 0.3) is 0 Å². The van der Waals surface area contributed by atoms with Crippen LogP contribution in [0.5, 0.6) is 0 Å². The van der Waals surface area contributed by atoms with Gasteiger partial charge in [-0.05, 0) is 37.0 Å². The first-order chi connectivity index (χ1) is 15.1. The second kappa shape index (κ2) is 9.55. The summed E-state index contributed by atoms with van der Waals surface area (Å²) in [6.07, 6.45) is 3.65. The lowest BCUT2D eigenvalue weighted by molar-refractivity contribution is -0.132. The van der Waals surface area contributed by atoms with Crippen molar-refractivity contribution in [1.82, 2.24) is 9.91 Å². The summed E-state index contributed by atoms with van der Waals surface area (Å²) in [7, 11) is 0. The van der Waals surface area contributed by atoms with E-state index < -0.39 is 0 Å². The van der Waals surface area contributed by atoms with E-state index in [9.17, 15) is 14.4 Å². The van der Waals surface area contributed by atoms with Crippen molar-refractivity contribution < 1.29 is 14.4 Å². The summed E-state index contributed by atoms with van der Waals surface area (Å²) in [5.41, 5.74) is 2.18. The second-order valence-corrected chi connectivity index (χ2v) is 7.84. The van der Waals surface area contributed by atoms with Crippen LogP contribution >= 0.6 is 0 Å². The zero-order valence-corrected chi connectivity index (χ0v) is 17.4. The molecule has 0 atom stereocenters. The van der Waals surface area contributed by atoms with Crippen molar-refractivity contribution in [3.63, 3.8) is 0 Å². The van der Waals surface area contributed by atoms with Gasteiger partial charge in [-0.3, -0.25) is 14.4 Å². The minimum absolute atomic E-state index is 0.0675. The molecule has 0 radical (unpaired) electrons. The maximum Gasteiger partial charge on any atom is 0.271 e. The largest absolute Gasteiger partial charge is 0.339 e. The van der Waals surface area contributed by atoms with Crippen molar-refractivity contribution in [3.05, 3.63) is 65.7 Å². The molecule has 1 saturated heterocycles. The van der Waals surface area contributed by atoms with Gasteiger partial charge in [-0.15, -0.1) is 0 Å². The topological polar surface area (TPSA) is 82.1 Å². The fraction of sp³-hybridized carbons (Fsp3) is 0.333. The van der Waals surface area contributed by atoms with Gasteiger partial charge in [0, 0.05) is 25.9 Å². The van der Waals surface area contributed by atoms with E-state index in [0.717, 1.165) is 37.9 Å². The number of carbonyl (C=O) groups excluding carboxylic acids is 3. The lowest BCUT2D eigenvalue weighted by Gasteiger charge is -2.27. The van der Waals surface area contributed by atoms with Crippen LogP contribution < -0.4 is 5.32 Å². The summed E-state index contributed by atoms with van der Waals surface area (Å²) < 4.78 is 0. The number of anilines is 1. The van der Waals surface area contributed by atoms with E-state index in [1.807, 2.05) is 35.2 Å². The van der Waals surface area contributed by atoms with Crippen LogP contribution in [0.2, 0.25) is 0 Å². The molecule has 3 amide bonds. The second-order valence-electron chi connectivity index (χ2n) is 7.84. The number of amides is 3. The number of benzene rings is 2. The van der Waals surface area contributed by atoms with E-state index in [-0.39, 0.29) is 36.3 Å². The molecule has 0 saturated carbocycles. The Bertz CT molecular complexity index is 997. The van der Waals surface area contributed by atoms with Crippen LogP contribution in [0.1, 0.15) is 48.0 Å². The molecule has 2 aliphatic rings. The van der Waals surface area contributed by atoms with Gasteiger partial charge in [-0.1, -0.05) is 42.5 Å². The maximum absolute atomic E-state index is 13.0. The highest BCUT2D eigenvalue weighted by molar-refractivity contribution is 6.43. The first-order valence-corrected chi connectivity index (χ1v) is 10.7. The Balaban J connectivity index is 1.49. The highest BCUT2D eigenvalue weighted by Crippen LogP contribution is 2.21. The lowest BCUT2D eigenvalue weighted by atomic mass is 10.1. The van der Waals surface area contributed by atoms with Crippen molar-refractivity contribution in [2.24, 2.45) is 5.10 Å². The average molecular weight is 418 g/mol. The van der Waals surface area contributed by atoms with Gasteiger partial charge in [0.05, 0.1) is 17.8 Å². The third kappa shape index (κ3) is 4.99. The molecule has 160 valence electrons. The zero-order chi connectivity index (χ0) is 21.6. The summed E-state index contributed by atoms with van der Waals surface area (Å²) in [5, 5.41) is 8.50. The smallest absolute Gasteiger partial charge is 0.271 e. The Hall–Kier alpha value is -3.48. The molecule has 7 nitrogen and oxygen atoms in total. The van der Waals surface area contributed by atoms with Crippen LogP contribution in [0, 0.1) is 0 Å². The number of rotatable bonds is 5. The summed E-state index contributed by atoms with van der Waals surface area (Å²) in [6, 6.07) is 16.6. The molecule has 2 heterocycles. The van der Waals surface area contributed by atoms with Crippen LogP contribution in [-0.2, 0) is 16.1 Å². The average Bonchev–Trinajstić information content (AvgIpc) is 2.81. The molecule has 2 aliphatic heterocycles. The third-order valence-corrected chi connectivity index (χ3v) is 5.59. The van der Waals surface area contributed by atoms with Crippen LogP contribution in [0.4, 0.5) is 5.69 Å². The molecule has 0 unspecified atom stereocenters. The number of hydrogen-bond donors (Lipinski definition) is 1. The minimum atomic E-state index is -0.385. The van der Waals surface area contributed by atoms with E-state index in [2.05, 4.69) is 10.4 Å². The first-order valence-electron chi connectivity index (χ1n) is 10.7. The number of hydrazone groups is 1. The van der Waals surface area contributed by atoms with E-state index in [4.69, 9.17) is 0 Å². The molecule has 31 heavy (non-hydrogen) atoms. The Labute approximate surface area is 181 Å². The molecule has 1 fully saturated rings. The molecular formula is C24H26N4O3. The number of nitrogens with one attached hydrogen (secondary N) is 1. The van der Waals surface area contributed by atoms with Crippen LogP contribution in [0.15, 0.2) is 59.7 Å². The zero-order valence-electron chi connectivity index (χ0n) is 17.4. The quantitative estimate of drug-likeness (QED) is 0.808. The third-order valence-electron chi connectivity index (χ3n) is 5.59. The Morgan fingerprint density at radius 2 is 1.61 bits per heavy atom. The van der Waals surface area contributed by atoms with Crippen molar-refractivity contribution >= 4 is 29.1 Å². The lowest BCUT2D eigenvalue weighted by Crippen LogP contribution is -2.37. The highest BCUT2D eigenvalue weighted by atomic mass is 16.2. The number of likely N-dealkylation sites (tertiary alicyclic amines) is 1. The van der Waals surface area contributed by atoms with Gasteiger partial charge in [0.2, 0.25) is 5.91 Å². The van der Waals surface area contributed by atoms with Gasteiger partial charge in [0.15, 0.2) is 0 Å². The van der Waals surface area contributed by atoms with Crippen molar-refractivity contribution in [2.45, 2.75) is 38.6 Å². The van der Waals surface area contributed by atoms with E-state index in [1.54, 1.807) is 24.3 Å². The predicted octanol–water partition coefficient (Wildman–Crippen LogP) is 3.43. The fourth-order valence-corrected chi connectivity index (χ4v) is 3.89. The number of nitrogens with zero attached hydrogens (tertiary/aromatic N) is 3. The van der Waals surface area contributed by atoms with Crippen molar-refractivity contribution in [1.29, 1.82) is 0 Å². The highest BCUT2D eigenvalue weighted by Gasteiger charge is 2.26. The van der Waals surface area contributed by atoms with Gasteiger partial charge in [0.1, 0.15) is 5.71 Å². The molecule has 0 aromatic heterocycles. The minimum Gasteiger partial charge on any atom is -0.339 e. The Morgan fingerprint density at radius 3 is 2.39 bits per heavy atom. The van der Waals surface area contributed by atoms with E-state index in [1.165, 1.54) is 5.01 Å². The molecule has 0 spiro atoms. The monoisotopic (exact) mass is 418 g/mol. The number of para-hydroxylation sites is 1. The predicted molar refractivity (Wildman–Crippen MR) is 118 cm³/mol. The van der Waals surface area contributed by atoms with Gasteiger partial charge in [-0.25, -0.2) is 5.01 Å². The van der Waals surface area contributed by atoms with Crippen molar-refractivity contribution in [3.8, 4) is 0 Å².